The van der Waals surface area contributed by atoms with Crippen molar-refractivity contribution in [3.8, 4) is 5.75 Å². The molecule has 0 spiro atoms. The van der Waals surface area contributed by atoms with Gasteiger partial charge >= 0.3 is 0 Å². The normalized spacial score (nSPS) is 14.4. The molecule has 1 saturated carbocycles. The van der Waals surface area contributed by atoms with E-state index in [4.69, 9.17) is 4.74 Å². The molecule has 3 rings (SSSR count). The molecular formula is C16H20BrN3O. The quantitative estimate of drug-likeness (QED) is 0.831. The van der Waals surface area contributed by atoms with Crippen molar-refractivity contribution in [2.24, 2.45) is 0 Å². The fraction of sp³-hybridized carbons (Fsp3) is 0.438. The lowest BCUT2D eigenvalue weighted by molar-refractivity contribution is 0.302. The Kier molecular flexibility index (Phi) is 4.60. The van der Waals surface area contributed by atoms with E-state index in [1.807, 2.05) is 29.2 Å². The van der Waals surface area contributed by atoms with E-state index in [0.717, 1.165) is 28.9 Å². The summed E-state index contributed by atoms with van der Waals surface area (Å²) in [5, 5.41) is 7.80. The third-order valence-corrected chi connectivity index (χ3v) is 4.08. The Bertz CT molecular complexity index is 607. The SMILES string of the molecule is CCn1cc(COc2ccc(Br)cc2CNC2CC2)cn1. The molecule has 1 aromatic carbocycles. The van der Waals surface area contributed by atoms with Crippen molar-refractivity contribution in [2.45, 2.75) is 45.5 Å². The second-order valence-corrected chi connectivity index (χ2v) is 6.32. The van der Waals surface area contributed by atoms with Gasteiger partial charge in [-0.25, -0.2) is 0 Å². The summed E-state index contributed by atoms with van der Waals surface area (Å²) in [5.74, 6) is 0.940. The van der Waals surface area contributed by atoms with Crippen LogP contribution in [0.3, 0.4) is 0 Å². The summed E-state index contributed by atoms with van der Waals surface area (Å²) in [4.78, 5) is 0. The third kappa shape index (κ3) is 4.08. The zero-order chi connectivity index (χ0) is 14.7. The highest BCUT2D eigenvalue weighted by Gasteiger charge is 2.20. The molecule has 0 amide bonds. The second kappa shape index (κ2) is 6.62. The van der Waals surface area contributed by atoms with Crippen molar-refractivity contribution >= 4 is 15.9 Å². The number of halogens is 1. The summed E-state index contributed by atoms with van der Waals surface area (Å²) in [6, 6.07) is 6.86. The molecule has 0 bridgehead atoms. The van der Waals surface area contributed by atoms with Crippen LogP contribution in [0.15, 0.2) is 35.1 Å². The molecule has 1 N–H and O–H groups in total. The van der Waals surface area contributed by atoms with E-state index >= 15 is 0 Å². The molecule has 0 unspecified atom stereocenters. The van der Waals surface area contributed by atoms with Crippen LogP contribution in [-0.4, -0.2) is 15.8 Å². The molecule has 0 radical (unpaired) electrons. The zero-order valence-electron chi connectivity index (χ0n) is 12.2. The average Bonchev–Trinajstić information content (AvgIpc) is 3.21. The number of ether oxygens (including phenoxy) is 1. The lowest BCUT2D eigenvalue weighted by Crippen LogP contribution is -2.16. The highest BCUT2D eigenvalue weighted by molar-refractivity contribution is 9.10. The van der Waals surface area contributed by atoms with E-state index in [-0.39, 0.29) is 0 Å². The summed E-state index contributed by atoms with van der Waals surface area (Å²) in [5.41, 5.74) is 2.29. The van der Waals surface area contributed by atoms with Crippen LogP contribution in [0.2, 0.25) is 0 Å². The molecule has 1 aromatic heterocycles. The van der Waals surface area contributed by atoms with E-state index in [1.165, 1.54) is 18.4 Å². The Morgan fingerprint density at radius 3 is 3.00 bits per heavy atom. The topological polar surface area (TPSA) is 39.1 Å². The van der Waals surface area contributed by atoms with Gasteiger partial charge in [0.25, 0.3) is 0 Å². The molecule has 112 valence electrons. The third-order valence-electron chi connectivity index (χ3n) is 3.59. The van der Waals surface area contributed by atoms with Crippen LogP contribution in [0.4, 0.5) is 0 Å². The number of benzene rings is 1. The van der Waals surface area contributed by atoms with Gasteiger partial charge in [-0.1, -0.05) is 15.9 Å². The Hall–Kier alpha value is -1.33. The van der Waals surface area contributed by atoms with Crippen LogP contribution < -0.4 is 10.1 Å². The minimum atomic E-state index is 0.554. The predicted octanol–water partition coefficient (Wildman–Crippen LogP) is 3.50. The van der Waals surface area contributed by atoms with E-state index < -0.39 is 0 Å². The van der Waals surface area contributed by atoms with Gasteiger partial charge in [0.1, 0.15) is 12.4 Å². The van der Waals surface area contributed by atoms with E-state index in [9.17, 15) is 0 Å². The second-order valence-electron chi connectivity index (χ2n) is 5.40. The van der Waals surface area contributed by atoms with Crippen LogP contribution in [-0.2, 0) is 19.7 Å². The highest BCUT2D eigenvalue weighted by atomic mass is 79.9. The van der Waals surface area contributed by atoms with Crippen LogP contribution in [0.25, 0.3) is 0 Å². The molecule has 0 saturated heterocycles. The van der Waals surface area contributed by atoms with E-state index in [1.54, 1.807) is 0 Å². The van der Waals surface area contributed by atoms with Crippen LogP contribution >= 0.6 is 15.9 Å². The van der Waals surface area contributed by atoms with Crippen molar-refractivity contribution in [3.63, 3.8) is 0 Å². The Labute approximate surface area is 133 Å². The fourth-order valence-electron chi connectivity index (χ4n) is 2.18. The van der Waals surface area contributed by atoms with Gasteiger partial charge in [-0.05, 0) is 38.0 Å². The van der Waals surface area contributed by atoms with Crippen molar-refractivity contribution in [1.29, 1.82) is 0 Å². The molecule has 1 fully saturated rings. The molecule has 5 heteroatoms. The summed E-state index contributed by atoms with van der Waals surface area (Å²) >= 11 is 3.53. The fourth-order valence-corrected chi connectivity index (χ4v) is 2.59. The first kappa shape index (κ1) is 14.6. The summed E-state index contributed by atoms with van der Waals surface area (Å²) in [6.07, 6.45) is 6.48. The van der Waals surface area contributed by atoms with Gasteiger partial charge in [0.2, 0.25) is 0 Å². The zero-order valence-corrected chi connectivity index (χ0v) is 13.8. The molecule has 1 aliphatic rings. The van der Waals surface area contributed by atoms with Crippen molar-refractivity contribution < 1.29 is 4.74 Å². The van der Waals surface area contributed by atoms with Gasteiger partial charge in [-0.15, -0.1) is 0 Å². The van der Waals surface area contributed by atoms with Gasteiger partial charge in [-0.2, -0.15) is 5.10 Å². The molecule has 0 aliphatic heterocycles. The predicted molar refractivity (Wildman–Crippen MR) is 86.2 cm³/mol. The first-order valence-corrected chi connectivity index (χ1v) is 8.20. The molecular weight excluding hydrogens is 330 g/mol. The lowest BCUT2D eigenvalue weighted by atomic mass is 10.2. The first-order chi connectivity index (χ1) is 10.2. The maximum atomic E-state index is 5.97. The molecule has 2 aromatic rings. The molecule has 1 aliphatic carbocycles. The van der Waals surface area contributed by atoms with E-state index in [0.29, 0.717) is 12.6 Å². The number of hydrogen-bond acceptors (Lipinski definition) is 3. The minimum Gasteiger partial charge on any atom is -0.488 e. The summed E-state index contributed by atoms with van der Waals surface area (Å²) in [7, 11) is 0. The number of hydrogen-bond donors (Lipinski definition) is 1. The lowest BCUT2D eigenvalue weighted by Gasteiger charge is -2.12. The average molecular weight is 350 g/mol. The smallest absolute Gasteiger partial charge is 0.124 e. The van der Waals surface area contributed by atoms with Crippen LogP contribution in [0.5, 0.6) is 5.75 Å². The monoisotopic (exact) mass is 349 g/mol. The van der Waals surface area contributed by atoms with Crippen molar-refractivity contribution in [1.82, 2.24) is 15.1 Å². The number of nitrogens with one attached hydrogen (secondary N) is 1. The molecule has 21 heavy (non-hydrogen) atoms. The molecule has 1 heterocycles. The first-order valence-electron chi connectivity index (χ1n) is 7.40. The Morgan fingerprint density at radius 2 is 2.29 bits per heavy atom. The largest absolute Gasteiger partial charge is 0.488 e. The van der Waals surface area contributed by atoms with Crippen LogP contribution in [0.1, 0.15) is 30.9 Å². The maximum absolute atomic E-state index is 5.97. The van der Waals surface area contributed by atoms with Crippen LogP contribution in [0, 0.1) is 0 Å². The molecule has 4 nitrogen and oxygen atoms in total. The van der Waals surface area contributed by atoms with Gasteiger partial charge in [0.15, 0.2) is 0 Å². The van der Waals surface area contributed by atoms with Gasteiger partial charge in [-0.3, -0.25) is 4.68 Å². The minimum absolute atomic E-state index is 0.554. The standard InChI is InChI=1S/C16H20BrN3O/c1-2-20-10-12(8-19-20)11-21-16-6-3-14(17)7-13(16)9-18-15-4-5-15/h3,6-8,10,15,18H,2,4-5,9,11H2,1H3. The molecule has 0 atom stereocenters. The summed E-state index contributed by atoms with van der Waals surface area (Å²) < 4.78 is 8.97. The van der Waals surface area contributed by atoms with Crippen molar-refractivity contribution in [3.05, 3.63) is 46.2 Å². The number of nitrogens with zero attached hydrogens (tertiary/aromatic N) is 2. The number of rotatable bonds is 7. The number of aromatic nitrogens is 2. The number of aryl methyl sites for hydroxylation is 1. The highest BCUT2D eigenvalue weighted by Crippen LogP contribution is 2.26. The van der Waals surface area contributed by atoms with Crippen molar-refractivity contribution in [2.75, 3.05) is 0 Å². The Balaban J connectivity index is 1.65. The van der Waals surface area contributed by atoms with Gasteiger partial charge < -0.3 is 10.1 Å². The maximum Gasteiger partial charge on any atom is 0.124 e. The Morgan fingerprint density at radius 1 is 1.43 bits per heavy atom. The van der Waals surface area contributed by atoms with E-state index in [2.05, 4.69) is 39.3 Å². The van der Waals surface area contributed by atoms with Gasteiger partial charge in [0, 0.05) is 40.9 Å². The van der Waals surface area contributed by atoms with Gasteiger partial charge in [0.05, 0.1) is 6.20 Å². The summed E-state index contributed by atoms with van der Waals surface area (Å²) in [6.45, 7) is 4.37.